The van der Waals surface area contributed by atoms with E-state index in [-0.39, 0.29) is 11.5 Å². The molecule has 0 amide bonds. The summed E-state index contributed by atoms with van der Waals surface area (Å²) in [5.74, 6) is 0.218. The fraction of sp³-hybridized carbons (Fsp3) is 0.235. The van der Waals surface area contributed by atoms with Crippen LogP contribution < -0.4 is 16.2 Å². The van der Waals surface area contributed by atoms with Crippen molar-refractivity contribution in [3.8, 4) is 5.75 Å². The number of likely N-dealkylation sites (N-methyl/N-ethyl adjacent to an activating group) is 1. The van der Waals surface area contributed by atoms with Crippen LogP contribution >= 0.6 is 0 Å². The topological polar surface area (TPSA) is 73.4 Å². The van der Waals surface area contributed by atoms with Gasteiger partial charge in [0, 0.05) is 5.56 Å². The summed E-state index contributed by atoms with van der Waals surface area (Å²) in [7, 11) is 1.91. The molecule has 5 heteroatoms. The number of anilines is 2. The minimum absolute atomic E-state index is 0.0365. The Bertz CT molecular complexity index is 639. The standard InChI is InChI=1S/C17H21N3O2/c1-12(21)14-4-6-15(7-5-14)19-20-16-11-13(9-10-18-2)3-8-17(16)22/h3-8,11,18-20,22H,9-10H2,1-2H3. The predicted molar refractivity (Wildman–Crippen MR) is 89.4 cm³/mol. The van der Waals surface area contributed by atoms with Crippen molar-refractivity contribution in [2.45, 2.75) is 13.3 Å². The third-order valence-corrected chi connectivity index (χ3v) is 3.36. The molecule has 0 unspecified atom stereocenters. The van der Waals surface area contributed by atoms with Crippen molar-refractivity contribution in [2.75, 3.05) is 24.4 Å². The summed E-state index contributed by atoms with van der Waals surface area (Å²) in [5, 5.41) is 13.0. The highest BCUT2D eigenvalue weighted by molar-refractivity contribution is 5.94. The van der Waals surface area contributed by atoms with E-state index in [2.05, 4.69) is 16.2 Å². The van der Waals surface area contributed by atoms with E-state index in [9.17, 15) is 9.90 Å². The summed E-state index contributed by atoms with van der Waals surface area (Å²) < 4.78 is 0. The molecule has 2 aromatic carbocycles. The fourth-order valence-electron chi connectivity index (χ4n) is 2.04. The number of rotatable bonds is 7. The number of carbonyl (C=O) groups is 1. The van der Waals surface area contributed by atoms with Crippen LogP contribution in [0.25, 0.3) is 0 Å². The Labute approximate surface area is 130 Å². The van der Waals surface area contributed by atoms with Crippen molar-refractivity contribution in [1.82, 2.24) is 5.32 Å². The fourth-order valence-corrected chi connectivity index (χ4v) is 2.04. The van der Waals surface area contributed by atoms with Gasteiger partial charge in [-0.2, -0.15) is 0 Å². The van der Waals surface area contributed by atoms with Gasteiger partial charge in [-0.3, -0.25) is 10.2 Å². The quantitative estimate of drug-likeness (QED) is 0.359. The average Bonchev–Trinajstić information content (AvgIpc) is 2.53. The van der Waals surface area contributed by atoms with E-state index in [0.717, 1.165) is 24.2 Å². The van der Waals surface area contributed by atoms with Crippen LogP contribution in [0.3, 0.4) is 0 Å². The molecule has 0 fully saturated rings. The SMILES string of the molecule is CNCCc1ccc(O)c(NNc2ccc(C(C)=O)cc2)c1. The molecule has 116 valence electrons. The van der Waals surface area contributed by atoms with Gasteiger partial charge >= 0.3 is 0 Å². The monoisotopic (exact) mass is 299 g/mol. The van der Waals surface area contributed by atoms with E-state index < -0.39 is 0 Å². The maximum atomic E-state index is 11.2. The van der Waals surface area contributed by atoms with Crippen molar-refractivity contribution in [1.29, 1.82) is 0 Å². The molecule has 5 nitrogen and oxygen atoms in total. The number of carbonyl (C=O) groups excluding carboxylic acids is 1. The molecule has 0 heterocycles. The van der Waals surface area contributed by atoms with Gasteiger partial charge in [-0.15, -0.1) is 0 Å². The number of ketones is 1. The molecule has 0 aliphatic carbocycles. The first kappa shape index (κ1) is 15.9. The Balaban J connectivity index is 2.02. The lowest BCUT2D eigenvalue weighted by Gasteiger charge is -2.13. The molecule has 4 N–H and O–H groups in total. The van der Waals surface area contributed by atoms with E-state index in [0.29, 0.717) is 11.3 Å². The lowest BCUT2D eigenvalue weighted by atomic mass is 10.1. The number of hydrogen-bond donors (Lipinski definition) is 4. The van der Waals surface area contributed by atoms with Crippen LogP contribution in [0.15, 0.2) is 42.5 Å². The Kier molecular flexibility index (Phi) is 5.38. The molecule has 22 heavy (non-hydrogen) atoms. The van der Waals surface area contributed by atoms with Gasteiger partial charge in [-0.1, -0.05) is 6.07 Å². The average molecular weight is 299 g/mol. The summed E-state index contributed by atoms with van der Waals surface area (Å²) >= 11 is 0. The molecule has 0 aromatic heterocycles. The van der Waals surface area contributed by atoms with Crippen LogP contribution in [0, 0.1) is 0 Å². The summed E-state index contributed by atoms with van der Waals surface area (Å²) in [6, 6.07) is 12.6. The second-order valence-electron chi connectivity index (χ2n) is 5.09. The largest absolute Gasteiger partial charge is 0.506 e. The number of Topliss-reactive ketones (excluding diaryl/α,β-unsaturated/α-hetero) is 1. The van der Waals surface area contributed by atoms with E-state index in [1.807, 2.05) is 31.3 Å². The zero-order valence-electron chi connectivity index (χ0n) is 12.8. The minimum atomic E-state index is 0.0365. The van der Waals surface area contributed by atoms with E-state index in [1.54, 1.807) is 18.2 Å². The Morgan fingerprint density at radius 1 is 1.09 bits per heavy atom. The van der Waals surface area contributed by atoms with Crippen molar-refractivity contribution in [2.24, 2.45) is 0 Å². The maximum absolute atomic E-state index is 11.2. The highest BCUT2D eigenvalue weighted by Gasteiger charge is 2.03. The predicted octanol–water partition coefficient (Wildman–Crippen LogP) is 2.80. The van der Waals surface area contributed by atoms with Crippen molar-refractivity contribution >= 4 is 17.2 Å². The molecule has 0 radical (unpaired) electrons. The normalized spacial score (nSPS) is 10.3. The molecule has 0 saturated heterocycles. The number of hydrazine groups is 1. The van der Waals surface area contributed by atoms with Gasteiger partial charge in [-0.05, 0) is 68.9 Å². The third kappa shape index (κ3) is 4.23. The first-order valence-electron chi connectivity index (χ1n) is 7.19. The number of benzene rings is 2. The Morgan fingerprint density at radius 3 is 2.45 bits per heavy atom. The van der Waals surface area contributed by atoms with E-state index in [4.69, 9.17) is 0 Å². The second kappa shape index (κ2) is 7.47. The molecule has 0 aliphatic rings. The zero-order chi connectivity index (χ0) is 15.9. The van der Waals surface area contributed by atoms with Crippen LogP contribution in [-0.4, -0.2) is 24.5 Å². The minimum Gasteiger partial charge on any atom is -0.506 e. The first-order valence-corrected chi connectivity index (χ1v) is 7.19. The van der Waals surface area contributed by atoms with Gasteiger partial charge in [0.1, 0.15) is 5.75 Å². The summed E-state index contributed by atoms with van der Waals surface area (Å²) in [4.78, 5) is 11.2. The highest BCUT2D eigenvalue weighted by atomic mass is 16.3. The number of aromatic hydroxyl groups is 1. The van der Waals surface area contributed by atoms with Gasteiger partial charge in [-0.25, -0.2) is 0 Å². The van der Waals surface area contributed by atoms with Crippen LogP contribution in [0.1, 0.15) is 22.8 Å². The first-order chi connectivity index (χ1) is 10.6. The number of hydrogen-bond acceptors (Lipinski definition) is 5. The number of phenolic OH excluding ortho intramolecular Hbond substituents is 1. The van der Waals surface area contributed by atoms with Crippen LogP contribution in [0.5, 0.6) is 5.75 Å². The lowest BCUT2D eigenvalue weighted by Crippen LogP contribution is -2.12. The molecular formula is C17H21N3O2. The molecule has 2 rings (SSSR count). The van der Waals surface area contributed by atoms with Gasteiger partial charge in [0.15, 0.2) is 5.78 Å². The molecule has 0 saturated carbocycles. The Morgan fingerprint density at radius 2 is 1.82 bits per heavy atom. The molecule has 0 bridgehead atoms. The molecule has 2 aromatic rings. The van der Waals surface area contributed by atoms with Crippen molar-refractivity contribution < 1.29 is 9.90 Å². The summed E-state index contributed by atoms with van der Waals surface area (Å²) in [6.45, 7) is 2.42. The molecule has 0 spiro atoms. The molecular weight excluding hydrogens is 278 g/mol. The number of nitrogens with one attached hydrogen (secondary N) is 3. The highest BCUT2D eigenvalue weighted by Crippen LogP contribution is 2.24. The molecule has 0 aliphatic heterocycles. The summed E-state index contributed by atoms with van der Waals surface area (Å²) in [5.41, 5.74) is 9.23. The van der Waals surface area contributed by atoms with Crippen molar-refractivity contribution in [3.05, 3.63) is 53.6 Å². The molecule has 0 atom stereocenters. The Hall–Kier alpha value is -2.53. The van der Waals surface area contributed by atoms with Gasteiger partial charge in [0.25, 0.3) is 0 Å². The van der Waals surface area contributed by atoms with Gasteiger partial charge < -0.3 is 15.8 Å². The van der Waals surface area contributed by atoms with E-state index >= 15 is 0 Å². The lowest BCUT2D eigenvalue weighted by molar-refractivity contribution is 0.101. The third-order valence-electron chi connectivity index (χ3n) is 3.36. The maximum Gasteiger partial charge on any atom is 0.159 e. The van der Waals surface area contributed by atoms with Gasteiger partial charge in [0.05, 0.1) is 11.4 Å². The zero-order valence-corrected chi connectivity index (χ0v) is 12.8. The smallest absolute Gasteiger partial charge is 0.159 e. The van der Waals surface area contributed by atoms with Crippen LogP contribution in [-0.2, 0) is 6.42 Å². The second-order valence-corrected chi connectivity index (χ2v) is 5.09. The summed E-state index contributed by atoms with van der Waals surface area (Å²) in [6.07, 6.45) is 0.888. The van der Waals surface area contributed by atoms with E-state index in [1.165, 1.54) is 6.92 Å². The number of phenols is 1. The van der Waals surface area contributed by atoms with Crippen molar-refractivity contribution in [3.63, 3.8) is 0 Å². The van der Waals surface area contributed by atoms with Crippen LogP contribution in [0.2, 0.25) is 0 Å². The van der Waals surface area contributed by atoms with Crippen LogP contribution in [0.4, 0.5) is 11.4 Å². The van der Waals surface area contributed by atoms with Gasteiger partial charge in [0.2, 0.25) is 0 Å².